The smallest absolute Gasteiger partial charge is 0.236 e. The van der Waals surface area contributed by atoms with E-state index in [1.807, 2.05) is 68.4 Å². The van der Waals surface area contributed by atoms with E-state index in [2.05, 4.69) is 16.4 Å². The molecule has 0 fully saturated rings. The number of aromatic nitrogens is 1. The highest BCUT2D eigenvalue weighted by molar-refractivity contribution is 5.47. The van der Waals surface area contributed by atoms with Crippen LogP contribution in [-0.2, 0) is 6.61 Å². The van der Waals surface area contributed by atoms with E-state index in [0.29, 0.717) is 11.8 Å². The third-order valence-corrected chi connectivity index (χ3v) is 3.78. The van der Waals surface area contributed by atoms with Crippen LogP contribution in [0.1, 0.15) is 35.7 Å². The van der Waals surface area contributed by atoms with Gasteiger partial charge in [0.15, 0.2) is 6.61 Å². The van der Waals surface area contributed by atoms with Gasteiger partial charge in [0.25, 0.3) is 0 Å². The summed E-state index contributed by atoms with van der Waals surface area (Å²) in [5.74, 6) is 1.46. The molecule has 0 aliphatic rings. The Kier molecular flexibility index (Phi) is 5.00. The fraction of sp³-hybridized carbons (Fsp3) is 0.200. The number of benzene rings is 2. The first-order chi connectivity index (χ1) is 12.2. The van der Waals surface area contributed by atoms with Crippen LogP contribution in [0.4, 0.5) is 5.88 Å². The van der Waals surface area contributed by atoms with E-state index in [9.17, 15) is 5.26 Å². The Labute approximate surface area is 146 Å². The lowest BCUT2D eigenvalue weighted by Crippen LogP contribution is -2.06. The average molecular weight is 333 g/mol. The van der Waals surface area contributed by atoms with Crippen LogP contribution in [0.25, 0.3) is 0 Å². The minimum atomic E-state index is -0.00760. The molecule has 0 spiro atoms. The zero-order valence-corrected chi connectivity index (χ0v) is 14.2. The maximum Gasteiger partial charge on any atom is 0.236 e. The molecule has 1 aromatic heterocycles. The van der Waals surface area contributed by atoms with E-state index in [0.717, 1.165) is 16.9 Å². The van der Waals surface area contributed by atoms with Crippen molar-refractivity contribution < 1.29 is 9.15 Å². The Morgan fingerprint density at radius 2 is 2.00 bits per heavy atom. The molecule has 3 rings (SSSR count). The molecule has 1 N–H and O–H groups in total. The van der Waals surface area contributed by atoms with Crippen molar-refractivity contribution >= 4 is 5.88 Å². The van der Waals surface area contributed by atoms with Gasteiger partial charge in [-0.25, -0.2) is 0 Å². The number of hydrogen-bond acceptors (Lipinski definition) is 5. The molecular weight excluding hydrogens is 314 g/mol. The van der Waals surface area contributed by atoms with Gasteiger partial charge in [0.1, 0.15) is 11.8 Å². The number of oxazole rings is 1. The average Bonchev–Trinajstić information content (AvgIpc) is 3.02. The topological polar surface area (TPSA) is 71.1 Å². The van der Waals surface area contributed by atoms with E-state index in [4.69, 9.17) is 9.15 Å². The molecule has 1 atom stereocenters. The van der Waals surface area contributed by atoms with Gasteiger partial charge in [-0.05, 0) is 37.1 Å². The Bertz CT molecular complexity index is 881. The van der Waals surface area contributed by atoms with E-state index >= 15 is 0 Å². The summed E-state index contributed by atoms with van der Waals surface area (Å²) in [7, 11) is 0. The second-order valence-corrected chi connectivity index (χ2v) is 5.78. The lowest BCUT2D eigenvalue weighted by molar-refractivity contribution is 0.264. The molecule has 1 heterocycles. The number of nitriles is 1. The summed E-state index contributed by atoms with van der Waals surface area (Å²) in [4.78, 5) is 4.20. The van der Waals surface area contributed by atoms with E-state index in [1.165, 1.54) is 0 Å². The summed E-state index contributed by atoms with van der Waals surface area (Å²) >= 11 is 0. The Balaban J connectivity index is 1.70. The highest BCUT2D eigenvalue weighted by atomic mass is 16.5. The predicted molar refractivity (Wildman–Crippen MR) is 95.2 cm³/mol. The minimum Gasteiger partial charge on any atom is -0.484 e. The number of nitrogens with zero attached hydrogens (tertiary/aromatic N) is 2. The number of hydrogen-bond donors (Lipinski definition) is 1. The second-order valence-electron chi connectivity index (χ2n) is 5.78. The van der Waals surface area contributed by atoms with Crippen LogP contribution in [0.15, 0.2) is 59.0 Å². The number of rotatable bonds is 6. The van der Waals surface area contributed by atoms with Gasteiger partial charge in [0.2, 0.25) is 17.5 Å². The summed E-state index contributed by atoms with van der Waals surface area (Å²) in [6.07, 6.45) is 0. The first-order valence-electron chi connectivity index (χ1n) is 8.06. The molecule has 0 bridgehead atoms. The second kappa shape index (κ2) is 7.54. The lowest BCUT2D eigenvalue weighted by atomic mass is 10.1. The van der Waals surface area contributed by atoms with Gasteiger partial charge in [-0.2, -0.15) is 10.2 Å². The molecule has 3 aromatic rings. The third kappa shape index (κ3) is 4.18. The zero-order chi connectivity index (χ0) is 17.6. The van der Waals surface area contributed by atoms with Crippen molar-refractivity contribution in [1.82, 2.24) is 4.98 Å². The first kappa shape index (κ1) is 16.6. The number of anilines is 1. The molecule has 0 unspecified atom stereocenters. The maximum atomic E-state index is 9.28. The first-order valence-corrected chi connectivity index (χ1v) is 8.06. The van der Waals surface area contributed by atoms with Crippen LogP contribution in [0.5, 0.6) is 5.75 Å². The van der Waals surface area contributed by atoms with Crippen LogP contribution in [-0.4, -0.2) is 4.98 Å². The van der Waals surface area contributed by atoms with E-state index in [-0.39, 0.29) is 18.3 Å². The minimum absolute atomic E-state index is 0.00760. The van der Waals surface area contributed by atoms with Crippen molar-refractivity contribution in [3.63, 3.8) is 0 Å². The quantitative estimate of drug-likeness (QED) is 0.713. The van der Waals surface area contributed by atoms with Gasteiger partial charge in [0.05, 0.1) is 6.04 Å². The molecule has 0 radical (unpaired) electrons. The van der Waals surface area contributed by atoms with E-state index < -0.39 is 0 Å². The van der Waals surface area contributed by atoms with Gasteiger partial charge in [0, 0.05) is 0 Å². The van der Waals surface area contributed by atoms with Gasteiger partial charge in [-0.1, -0.05) is 42.5 Å². The lowest BCUT2D eigenvalue weighted by Gasteiger charge is -2.13. The molecule has 5 nitrogen and oxygen atoms in total. The summed E-state index contributed by atoms with van der Waals surface area (Å²) in [6.45, 7) is 4.17. The van der Waals surface area contributed by atoms with Crippen LogP contribution in [0.3, 0.4) is 0 Å². The molecular formula is C20H19N3O2. The standard InChI is InChI=1S/C20H19N3O2/c1-14-7-6-10-17(11-14)24-13-19-23-18(12-21)20(25-19)22-15(2)16-8-4-3-5-9-16/h3-11,15,22H,13H2,1-2H3/t15-/m1/s1. The van der Waals surface area contributed by atoms with Crippen LogP contribution in [0.2, 0.25) is 0 Å². The molecule has 0 aliphatic heterocycles. The van der Waals surface area contributed by atoms with Gasteiger partial charge >= 0.3 is 0 Å². The Morgan fingerprint density at radius 1 is 1.20 bits per heavy atom. The SMILES string of the molecule is Cc1cccc(OCc2nc(C#N)c(N[C@H](C)c3ccccc3)o2)c1. The Morgan fingerprint density at radius 3 is 2.72 bits per heavy atom. The molecule has 5 heteroatoms. The third-order valence-electron chi connectivity index (χ3n) is 3.78. The van der Waals surface area contributed by atoms with Crippen molar-refractivity contribution in [3.8, 4) is 11.8 Å². The predicted octanol–water partition coefficient (Wildman–Crippen LogP) is 4.61. The molecule has 2 aromatic carbocycles. The highest BCUT2D eigenvalue weighted by Crippen LogP contribution is 2.24. The molecule has 0 amide bonds. The zero-order valence-electron chi connectivity index (χ0n) is 14.2. The fourth-order valence-corrected chi connectivity index (χ4v) is 2.47. The van der Waals surface area contributed by atoms with E-state index in [1.54, 1.807) is 0 Å². The van der Waals surface area contributed by atoms with Gasteiger partial charge in [-0.15, -0.1) is 0 Å². The highest BCUT2D eigenvalue weighted by Gasteiger charge is 2.16. The molecule has 25 heavy (non-hydrogen) atoms. The van der Waals surface area contributed by atoms with Crippen molar-refractivity contribution in [2.24, 2.45) is 0 Å². The van der Waals surface area contributed by atoms with Gasteiger partial charge in [-0.3, -0.25) is 0 Å². The normalized spacial score (nSPS) is 11.6. The van der Waals surface area contributed by atoms with Crippen LogP contribution >= 0.6 is 0 Å². The van der Waals surface area contributed by atoms with Crippen LogP contribution < -0.4 is 10.1 Å². The number of nitrogens with one attached hydrogen (secondary N) is 1. The molecule has 0 aliphatic carbocycles. The fourth-order valence-electron chi connectivity index (χ4n) is 2.47. The van der Waals surface area contributed by atoms with Crippen molar-refractivity contribution in [3.05, 3.63) is 77.3 Å². The summed E-state index contributed by atoms with van der Waals surface area (Å²) in [6, 6.07) is 19.7. The monoisotopic (exact) mass is 333 g/mol. The summed E-state index contributed by atoms with van der Waals surface area (Å²) < 4.78 is 11.4. The van der Waals surface area contributed by atoms with Crippen molar-refractivity contribution in [2.45, 2.75) is 26.5 Å². The van der Waals surface area contributed by atoms with Crippen molar-refractivity contribution in [1.29, 1.82) is 5.26 Å². The largest absolute Gasteiger partial charge is 0.484 e. The Hall–Kier alpha value is -3.26. The molecule has 126 valence electrons. The summed E-state index contributed by atoms with van der Waals surface area (Å²) in [5.41, 5.74) is 2.44. The number of ether oxygens (including phenoxy) is 1. The van der Waals surface area contributed by atoms with Crippen molar-refractivity contribution in [2.75, 3.05) is 5.32 Å². The molecule has 0 saturated carbocycles. The maximum absolute atomic E-state index is 9.28. The van der Waals surface area contributed by atoms with Gasteiger partial charge < -0.3 is 14.5 Å². The molecule has 0 saturated heterocycles. The van der Waals surface area contributed by atoms with Crippen LogP contribution in [0, 0.1) is 18.3 Å². The number of aryl methyl sites for hydroxylation is 1. The summed E-state index contributed by atoms with van der Waals surface area (Å²) in [5, 5.41) is 12.5.